The number of rotatable bonds is 5. The van der Waals surface area contributed by atoms with Crippen molar-refractivity contribution in [1.29, 1.82) is 0 Å². The van der Waals surface area contributed by atoms with E-state index in [4.69, 9.17) is 20.8 Å². The number of nitrogens with one attached hydrogen (secondary N) is 1. The van der Waals surface area contributed by atoms with E-state index in [1.54, 1.807) is 49.4 Å². The molecule has 0 aliphatic carbocycles. The molecule has 0 atom stereocenters. The minimum absolute atomic E-state index is 0.0306. The fraction of sp³-hybridized carbons (Fsp3) is 0.0909. The van der Waals surface area contributed by atoms with Crippen LogP contribution in [0, 0.1) is 0 Å². The Kier molecular flexibility index (Phi) is 6.11. The Bertz CT molecular complexity index is 1400. The van der Waals surface area contributed by atoms with Crippen LogP contribution in [0.1, 0.15) is 27.6 Å². The molecule has 0 radical (unpaired) electrons. The zero-order valence-corrected chi connectivity index (χ0v) is 18.9. The molecular formula is C22H15BrClN3O5. The van der Waals surface area contributed by atoms with Gasteiger partial charge in [0, 0.05) is 14.9 Å². The van der Waals surface area contributed by atoms with Crippen LogP contribution in [0.15, 0.2) is 68.4 Å². The number of amides is 1. The molecule has 0 unspecified atom stereocenters. The number of carbonyl (C=O) groups excluding carboxylic acids is 2. The number of nitrogens with zero attached hydrogens (tertiary/aromatic N) is 2. The van der Waals surface area contributed by atoms with Gasteiger partial charge in [-0.3, -0.25) is 4.79 Å². The summed E-state index contributed by atoms with van der Waals surface area (Å²) in [7, 11) is 0. The highest BCUT2D eigenvalue weighted by Crippen LogP contribution is 2.24. The van der Waals surface area contributed by atoms with Crippen LogP contribution in [-0.4, -0.2) is 28.3 Å². The van der Waals surface area contributed by atoms with Gasteiger partial charge in [0.1, 0.15) is 16.7 Å². The fourth-order valence-electron chi connectivity index (χ4n) is 3.03. The van der Waals surface area contributed by atoms with Gasteiger partial charge in [-0.1, -0.05) is 27.5 Å². The minimum Gasteiger partial charge on any atom is -0.462 e. The van der Waals surface area contributed by atoms with E-state index in [-0.39, 0.29) is 23.6 Å². The van der Waals surface area contributed by atoms with Gasteiger partial charge < -0.3 is 14.5 Å². The average Bonchev–Trinajstić information content (AvgIpc) is 3.17. The van der Waals surface area contributed by atoms with Crippen LogP contribution in [0.3, 0.4) is 0 Å². The summed E-state index contributed by atoms with van der Waals surface area (Å²) in [6.45, 7) is 1.81. The first kappa shape index (κ1) is 21.8. The molecule has 1 amide bonds. The molecule has 0 bridgehead atoms. The number of benzene rings is 2. The molecule has 0 fully saturated rings. The molecule has 32 heavy (non-hydrogen) atoms. The topological polar surface area (TPSA) is 103 Å². The van der Waals surface area contributed by atoms with Crippen molar-refractivity contribution in [2.24, 2.45) is 0 Å². The lowest BCUT2D eigenvalue weighted by molar-refractivity contribution is 0.0527. The lowest BCUT2D eigenvalue weighted by Gasteiger charge is -2.11. The highest BCUT2D eigenvalue weighted by atomic mass is 79.9. The van der Waals surface area contributed by atoms with Gasteiger partial charge in [0.05, 0.1) is 18.5 Å². The number of hydrogen-bond donors (Lipinski definition) is 1. The van der Waals surface area contributed by atoms with Gasteiger partial charge in [0.2, 0.25) is 0 Å². The van der Waals surface area contributed by atoms with Crippen LogP contribution in [0.25, 0.3) is 16.7 Å². The van der Waals surface area contributed by atoms with E-state index in [0.717, 1.165) is 4.47 Å². The Morgan fingerprint density at radius 3 is 2.62 bits per heavy atom. The van der Waals surface area contributed by atoms with Crippen LogP contribution in [0.4, 0.5) is 5.82 Å². The first-order chi connectivity index (χ1) is 15.4. The van der Waals surface area contributed by atoms with Crippen molar-refractivity contribution in [3.63, 3.8) is 0 Å². The number of aromatic nitrogens is 2. The van der Waals surface area contributed by atoms with E-state index in [0.29, 0.717) is 21.7 Å². The Hall–Kier alpha value is -3.43. The molecule has 10 heteroatoms. The van der Waals surface area contributed by atoms with Crippen LogP contribution in [0.5, 0.6) is 0 Å². The molecule has 2 aromatic heterocycles. The van der Waals surface area contributed by atoms with Gasteiger partial charge in [-0.25, -0.2) is 14.3 Å². The van der Waals surface area contributed by atoms with Crippen molar-refractivity contribution in [2.45, 2.75) is 6.92 Å². The minimum atomic E-state index is -0.812. The lowest BCUT2D eigenvalue weighted by Crippen LogP contribution is -2.23. The highest BCUT2D eigenvalue weighted by Gasteiger charge is 2.23. The predicted molar refractivity (Wildman–Crippen MR) is 123 cm³/mol. The number of halogens is 2. The molecule has 1 N–H and O–H groups in total. The van der Waals surface area contributed by atoms with Gasteiger partial charge in [-0.05, 0) is 55.5 Å². The summed E-state index contributed by atoms with van der Waals surface area (Å²) in [4.78, 5) is 37.9. The zero-order valence-electron chi connectivity index (χ0n) is 16.6. The number of carbonyl (C=O) groups is 2. The van der Waals surface area contributed by atoms with E-state index < -0.39 is 17.5 Å². The second-order valence-corrected chi connectivity index (χ2v) is 7.95. The lowest BCUT2D eigenvalue weighted by atomic mass is 10.1. The maximum absolute atomic E-state index is 13.0. The third-order valence-corrected chi connectivity index (χ3v) is 5.25. The van der Waals surface area contributed by atoms with Crippen molar-refractivity contribution >= 4 is 56.2 Å². The summed E-state index contributed by atoms with van der Waals surface area (Å²) in [6, 6.07) is 13.1. The van der Waals surface area contributed by atoms with E-state index in [1.165, 1.54) is 16.9 Å². The van der Waals surface area contributed by atoms with Crippen LogP contribution in [0.2, 0.25) is 5.02 Å². The highest BCUT2D eigenvalue weighted by molar-refractivity contribution is 9.10. The zero-order chi connectivity index (χ0) is 22.8. The number of fused-ring (bicyclic) bond motifs is 1. The van der Waals surface area contributed by atoms with E-state index in [9.17, 15) is 14.4 Å². The number of anilines is 1. The van der Waals surface area contributed by atoms with Crippen LogP contribution >= 0.6 is 27.5 Å². The Morgan fingerprint density at radius 2 is 1.91 bits per heavy atom. The molecule has 0 aliphatic heterocycles. The molecule has 2 heterocycles. The summed E-state index contributed by atoms with van der Waals surface area (Å²) in [5.74, 6) is -1.39. The first-order valence-electron chi connectivity index (χ1n) is 9.43. The Labute approximate surface area is 194 Å². The quantitative estimate of drug-likeness (QED) is 0.301. The Balaban J connectivity index is 1.78. The summed E-state index contributed by atoms with van der Waals surface area (Å²) >= 11 is 9.30. The third kappa shape index (κ3) is 4.30. The molecule has 4 rings (SSSR count). The van der Waals surface area contributed by atoms with Gasteiger partial charge >= 0.3 is 11.6 Å². The fourth-order valence-corrected chi connectivity index (χ4v) is 3.54. The molecule has 0 aliphatic rings. The summed E-state index contributed by atoms with van der Waals surface area (Å²) in [5, 5.41) is 7.87. The molecule has 4 aromatic rings. The number of esters is 1. The second kappa shape index (κ2) is 8.97. The maximum atomic E-state index is 13.0. The summed E-state index contributed by atoms with van der Waals surface area (Å²) < 4.78 is 12.4. The van der Waals surface area contributed by atoms with Crippen molar-refractivity contribution in [3.05, 3.63) is 85.8 Å². The molecule has 0 saturated carbocycles. The van der Waals surface area contributed by atoms with Crippen molar-refractivity contribution in [1.82, 2.24) is 9.78 Å². The summed E-state index contributed by atoms with van der Waals surface area (Å²) in [5.41, 5.74) is -0.132. The molecule has 2 aromatic carbocycles. The second-order valence-electron chi connectivity index (χ2n) is 6.60. The first-order valence-corrected chi connectivity index (χ1v) is 10.6. The average molecular weight is 517 g/mol. The maximum Gasteiger partial charge on any atom is 0.349 e. The summed E-state index contributed by atoms with van der Waals surface area (Å²) in [6.07, 6.45) is 1.28. The van der Waals surface area contributed by atoms with Crippen LogP contribution in [-0.2, 0) is 4.74 Å². The largest absolute Gasteiger partial charge is 0.462 e. The molecule has 8 nitrogen and oxygen atoms in total. The molecular weight excluding hydrogens is 502 g/mol. The molecule has 0 spiro atoms. The standard InChI is InChI=1S/C22H15BrClN3O5/c1-2-31-21(29)17-11-25-27(15-6-4-14(24)5-7-15)19(17)26-20(28)16-10-12-9-13(23)3-8-18(12)32-22(16)30/h3-11H,2H2,1H3,(H,26,28). The van der Waals surface area contributed by atoms with Crippen molar-refractivity contribution in [2.75, 3.05) is 11.9 Å². The Morgan fingerprint density at radius 1 is 1.16 bits per heavy atom. The van der Waals surface area contributed by atoms with Crippen molar-refractivity contribution in [3.8, 4) is 5.69 Å². The third-order valence-electron chi connectivity index (χ3n) is 4.51. The predicted octanol–water partition coefficient (Wildman–Crippen LogP) is 4.82. The number of ether oxygens (including phenoxy) is 1. The molecule has 0 saturated heterocycles. The van der Waals surface area contributed by atoms with Gasteiger partial charge in [0.15, 0.2) is 5.82 Å². The monoisotopic (exact) mass is 515 g/mol. The SMILES string of the molecule is CCOC(=O)c1cnn(-c2ccc(Cl)cc2)c1NC(=O)c1cc2cc(Br)ccc2oc1=O. The smallest absolute Gasteiger partial charge is 0.349 e. The van der Waals surface area contributed by atoms with E-state index >= 15 is 0 Å². The normalized spacial score (nSPS) is 10.8. The number of hydrogen-bond acceptors (Lipinski definition) is 6. The van der Waals surface area contributed by atoms with Crippen molar-refractivity contribution < 1.29 is 18.7 Å². The van der Waals surface area contributed by atoms with E-state index in [2.05, 4.69) is 26.3 Å². The van der Waals surface area contributed by atoms with E-state index in [1.807, 2.05) is 0 Å². The van der Waals surface area contributed by atoms with Crippen LogP contribution < -0.4 is 10.9 Å². The van der Waals surface area contributed by atoms with Gasteiger partial charge in [-0.15, -0.1) is 0 Å². The van der Waals surface area contributed by atoms with Gasteiger partial charge in [0.25, 0.3) is 5.91 Å². The van der Waals surface area contributed by atoms with Gasteiger partial charge in [-0.2, -0.15) is 5.10 Å². The molecule has 162 valence electrons.